The van der Waals surface area contributed by atoms with Crippen molar-refractivity contribution in [3.05, 3.63) is 53.7 Å². The van der Waals surface area contributed by atoms with Gasteiger partial charge in [-0.05, 0) is 42.7 Å². The Morgan fingerprint density at radius 3 is 2.86 bits per heavy atom. The van der Waals surface area contributed by atoms with Gasteiger partial charge in [-0.1, -0.05) is 24.3 Å². The van der Waals surface area contributed by atoms with Crippen LogP contribution in [0.5, 0.6) is 0 Å². The molecule has 1 N–H and O–H groups in total. The molecule has 2 heteroatoms. The molecule has 21 heavy (non-hydrogen) atoms. The molecule has 0 atom stereocenters. The van der Waals surface area contributed by atoms with Crippen LogP contribution in [-0.2, 0) is 13.5 Å². The molecular formula is C19H16N2. The molecule has 2 aromatic carbocycles. The maximum absolute atomic E-state index is 3.58. The van der Waals surface area contributed by atoms with Gasteiger partial charge in [0.25, 0.3) is 0 Å². The topological polar surface area (TPSA) is 20.7 Å². The van der Waals surface area contributed by atoms with E-state index in [-0.39, 0.29) is 0 Å². The van der Waals surface area contributed by atoms with Gasteiger partial charge in [0.2, 0.25) is 0 Å². The van der Waals surface area contributed by atoms with E-state index < -0.39 is 0 Å². The maximum Gasteiger partial charge on any atom is 0.0510 e. The third-order valence-electron chi connectivity index (χ3n) is 4.82. The Labute approximate surface area is 122 Å². The van der Waals surface area contributed by atoms with Crippen LogP contribution in [0, 0.1) is 0 Å². The number of allylic oxidation sites excluding steroid dienone is 1. The zero-order chi connectivity index (χ0) is 14.0. The van der Waals surface area contributed by atoms with E-state index in [0.717, 1.165) is 12.8 Å². The minimum Gasteiger partial charge on any atom is -0.355 e. The van der Waals surface area contributed by atoms with Crippen molar-refractivity contribution >= 4 is 38.8 Å². The summed E-state index contributed by atoms with van der Waals surface area (Å²) in [7, 11) is 2.15. The smallest absolute Gasteiger partial charge is 0.0510 e. The molecule has 1 aliphatic rings. The number of benzene rings is 2. The number of nitrogens with one attached hydrogen (secondary N) is 1. The molecule has 2 nitrogen and oxygen atoms in total. The standard InChI is InChI=1S/C19H16N2/c1-21-18-9-5-3-7-13(18)15-10-14-12-6-2-4-8-16(12)20-17(14)11-19(15)21/h3-5,7-11,20H,2,6H2,1H3. The van der Waals surface area contributed by atoms with Crippen LogP contribution in [0.2, 0.25) is 0 Å². The van der Waals surface area contributed by atoms with E-state index in [9.17, 15) is 0 Å². The Kier molecular flexibility index (Phi) is 2.02. The molecule has 2 aromatic heterocycles. The van der Waals surface area contributed by atoms with Gasteiger partial charge in [0, 0.05) is 39.9 Å². The summed E-state index contributed by atoms with van der Waals surface area (Å²) in [6.45, 7) is 0. The van der Waals surface area contributed by atoms with Crippen LogP contribution in [0.4, 0.5) is 0 Å². The molecule has 0 spiro atoms. The van der Waals surface area contributed by atoms with E-state index in [1.165, 1.54) is 44.0 Å². The van der Waals surface area contributed by atoms with Crippen LogP contribution in [0.1, 0.15) is 17.7 Å². The van der Waals surface area contributed by atoms with E-state index >= 15 is 0 Å². The number of para-hydroxylation sites is 1. The summed E-state index contributed by atoms with van der Waals surface area (Å²) in [4.78, 5) is 3.58. The molecule has 0 radical (unpaired) electrons. The third kappa shape index (κ3) is 1.37. The molecule has 5 rings (SSSR count). The highest BCUT2D eigenvalue weighted by Gasteiger charge is 2.15. The Hall–Kier alpha value is -2.48. The van der Waals surface area contributed by atoms with Crippen LogP contribution in [0.3, 0.4) is 0 Å². The normalized spacial score (nSPS) is 14.3. The van der Waals surface area contributed by atoms with Crippen LogP contribution < -0.4 is 0 Å². The highest BCUT2D eigenvalue weighted by Crippen LogP contribution is 2.35. The molecule has 102 valence electrons. The summed E-state index contributed by atoms with van der Waals surface area (Å²) in [5.41, 5.74) is 6.61. The number of H-pyrrole nitrogens is 1. The largest absolute Gasteiger partial charge is 0.355 e. The Bertz CT molecular complexity index is 1040. The van der Waals surface area contributed by atoms with E-state index in [4.69, 9.17) is 0 Å². The second-order valence-corrected chi connectivity index (χ2v) is 5.95. The van der Waals surface area contributed by atoms with Gasteiger partial charge < -0.3 is 9.55 Å². The number of hydrogen-bond donors (Lipinski definition) is 1. The minimum absolute atomic E-state index is 1.14. The van der Waals surface area contributed by atoms with Crippen LogP contribution in [0.15, 0.2) is 42.5 Å². The fourth-order valence-corrected chi connectivity index (χ4v) is 3.76. The summed E-state index contributed by atoms with van der Waals surface area (Å²) in [5, 5.41) is 4.09. The van der Waals surface area contributed by atoms with Gasteiger partial charge in [-0.25, -0.2) is 0 Å². The maximum atomic E-state index is 3.58. The van der Waals surface area contributed by atoms with E-state index in [2.05, 4.69) is 65.1 Å². The minimum atomic E-state index is 1.14. The zero-order valence-electron chi connectivity index (χ0n) is 12.0. The number of hydrogen-bond acceptors (Lipinski definition) is 0. The molecular weight excluding hydrogens is 256 g/mol. The monoisotopic (exact) mass is 272 g/mol. The molecule has 0 saturated carbocycles. The number of rotatable bonds is 0. The van der Waals surface area contributed by atoms with Gasteiger partial charge >= 0.3 is 0 Å². The lowest BCUT2D eigenvalue weighted by Crippen LogP contribution is -1.90. The summed E-state index contributed by atoms with van der Waals surface area (Å²) >= 11 is 0. The Morgan fingerprint density at radius 2 is 1.90 bits per heavy atom. The van der Waals surface area contributed by atoms with Crippen molar-refractivity contribution in [3.8, 4) is 0 Å². The second-order valence-electron chi connectivity index (χ2n) is 5.95. The average Bonchev–Trinajstić information content (AvgIpc) is 3.02. The van der Waals surface area contributed by atoms with Crippen molar-refractivity contribution in [2.45, 2.75) is 12.8 Å². The highest BCUT2D eigenvalue weighted by molar-refractivity contribution is 6.13. The van der Waals surface area contributed by atoms with Crippen molar-refractivity contribution in [2.75, 3.05) is 0 Å². The molecule has 0 saturated heterocycles. The molecule has 0 amide bonds. The van der Waals surface area contributed by atoms with Crippen LogP contribution in [-0.4, -0.2) is 9.55 Å². The molecule has 0 unspecified atom stereocenters. The van der Waals surface area contributed by atoms with Crippen molar-refractivity contribution in [1.82, 2.24) is 9.55 Å². The first kappa shape index (κ1) is 11.2. The molecule has 1 aliphatic carbocycles. The van der Waals surface area contributed by atoms with E-state index in [1.807, 2.05) is 0 Å². The first-order chi connectivity index (χ1) is 10.3. The van der Waals surface area contributed by atoms with Crippen molar-refractivity contribution in [3.63, 3.8) is 0 Å². The lowest BCUT2D eigenvalue weighted by atomic mass is 10.00. The summed E-state index contributed by atoms with van der Waals surface area (Å²) in [5.74, 6) is 0. The number of aryl methyl sites for hydroxylation is 2. The zero-order valence-corrected chi connectivity index (χ0v) is 12.0. The first-order valence-electron chi connectivity index (χ1n) is 7.51. The van der Waals surface area contributed by atoms with Crippen molar-refractivity contribution < 1.29 is 0 Å². The van der Waals surface area contributed by atoms with Gasteiger partial charge in [0.1, 0.15) is 0 Å². The van der Waals surface area contributed by atoms with Crippen molar-refractivity contribution in [2.24, 2.45) is 7.05 Å². The Balaban J connectivity index is 2.00. The summed E-state index contributed by atoms with van der Waals surface area (Å²) in [6, 6.07) is 13.3. The number of aromatic nitrogens is 2. The van der Waals surface area contributed by atoms with E-state index in [1.54, 1.807) is 0 Å². The summed E-state index contributed by atoms with van der Waals surface area (Å²) < 4.78 is 2.29. The quantitative estimate of drug-likeness (QED) is 0.476. The van der Waals surface area contributed by atoms with Gasteiger partial charge in [-0.15, -0.1) is 0 Å². The fourth-order valence-electron chi connectivity index (χ4n) is 3.76. The molecule has 2 heterocycles. The van der Waals surface area contributed by atoms with Crippen molar-refractivity contribution in [1.29, 1.82) is 0 Å². The Morgan fingerprint density at radius 1 is 1.00 bits per heavy atom. The third-order valence-corrected chi connectivity index (χ3v) is 4.82. The lowest BCUT2D eigenvalue weighted by Gasteiger charge is -2.04. The van der Waals surface area contributed by atoms with Crippen LogP contribution >= 0.6 is 0 Å². The van der Waals surface area contributed by atoms with Gasteiger partial charge in [0.05, 0.1) is 5.52 Å². The fraction of sp³-hybridized carbons (Fsp3) is 0.158. The number of nitrogens with zero attached hydrogens (tertiary/aromatic N) is 1. The molecule has 0 fully saturated rings. The van der Waals surface area contributed by atoms with Crippen LogP contribution in [0.25, 0.3) is 38.8 Å². The van der Waals surface area contributed by atoms with Gasteiger partial charge in [-0.2, -0.15) is 0 Å². The SMILES string of the molecule is Cn1c2ccccc2c2cc3c4c([nH]c3cc21)C=CCC4. The number of fused-ring (bicyclic) bond motifs is 6. The second kappa shape index (κ2) is 3.79. The lowest BCUT2D eigenvalue weighted by molar-refractivity contribution is 0.992. The molecule has 0 bridgehead atoms. The summed E-state index contributed by atoms with van der Waals surface area (Å²) in [6.07, 6.45) is 6.77. The van der Waals surface area contributed by atoms with Gasteiger partial charge in [-0.3, -0.25) is 0 Å². The highest BCUT2D eigenvalue weighted by atomic mass is 14.9. The predicted octanol–water partition coefficient (Wildman–Crippen LogP) is 4.77. The molecule has 0 aliphatic heterocycles. The first-order valence-corrected chi connectivity index (χ1v) is 7.51. The molecule has 4 aromatic rings. The van der Waals surface area contributed by atoms with E-state index in [0.29, 0.717) is 0 Å². The average molecular weight is 272 g/mol. The number of aromatic amines is 1. The predicted molar refractivity (Wildman–Crippen MR) is 89.6 cm³/mol. The van der Waals surface area contributed by atoms with Gasteiger partial charge in [0.15, 0.2) is 0 Å².